The van der Waals surface area contributed by atoms with Gasteiger partial charge < -0.3 is 10.1 Å². The molecule has 2 heterocycles. The zero-order valence-electron chi connectivity index (χ0n) is 16.1. The molecule has 4 rings (SSSR count). The Hall–Kier alpha value is -4.11. The lowest BCUT2D eigenvalue weighted by atomic mass is 10.1. The first-order chi connectivity index (χ1) is 14.2. The third kappa shape index (κ3) is 3.66. The largest absolute Gasteiger partial charge is 0.497 e. The van der Waals surface area contributed by atoms with Gasteiger partial charge in [-0.3, -0.25) is 4.57 Å². The molecule has 4 aromatic rings. The van der Waals surface area contributed by atoms with Gasteiger partial charge in [-0.1, -0.05) is 5.92 Å². The van der Waals surface area contributed by atoms with Crippen LogP contribution in [0, 0.1) is 19.3 Å². The fourth-order valence-corrected chi connectivity index (χ4v) is 3.09. The van der Waals surface area contributed by atoms with Crippen molar-refractivity contribution in [3.63, 3.8) is 0 Å². The van der Waals surface area contributed by atoms with Crippen molar-refractivity contribution in [2.75, 3.05) is 12.4 Å². The average molecular weight is 381 g/mol. The number of aryl methyl sites for hydroxylation is 1. The molecule has 29 heavy (non-hydrogen) atoms. The van der Waals surface area contributed by atoms with Gasteiger partial charge in [-0.15, -0.1) is 11.5 Å². The van der Waals surface area contributed by atoms with Crippen LogP contribution in [0.1, 0.15) is 11.1 Å². The van der Waals surface area contributed by atoms with Gasteiger partial charge in [0.25, 0.3) is 0 Å². The molecule has 0 saturated heterocycles. The van der Waals surface area contributed by atoms with Crippen molar-refractivity contribution in [3.05, 3.63) is 72.2 Å². The van der Waals surface area contributed by atoms with E-state index in [9.17, 15) is 0 Å². The van der Waals surface area contributed by atoms with Crippen molar-refractivity contribution < 1.29 is 4.74 Å². The summed E-state index contributed by atoms with van der Waals surface area (Å²) in [6.45, 7) is 1.97. The Bertz CT molecular complexity index is 1230. The highest BCUT2D eigenvalue weighted by Gasteiger charge is 2.09. The quantitative estimate of drug-likeness (QED) is 0.515. The molecule has 0 spiro atoms. The zero-order chi connectivity index (χ0) is 20.2. The summed E-state index contributed by atoms with van der Waals surface area (Å²) in [4.78, 5) is 4.54. The number of methoxy groups -OCH3 is 1. The maximum absolute atomic E-state index is 5.35. The fourth-order valence-electron chi connectivity index (χ4n) is 3.09. The monoisotopic (exact) mass is 381 g/mol. The van der Waals surface area contributed by atoms with E-state index >= 15 is 0 Å². The van der Waals surface area contributed by atoms with Crippen LogP contribution in [0.2, 0.25) is 0 Å². The number of rotatable bonds is 5. The summed E-state index contributed by atoms with van der Waals surface area (Å²) >= 11 is 0. The van der Waals surface area contributed by atoms with Crippen molar-refractivity contribution in [2.24, 2.45) is 0 Å². The Balaban J connectivity index is 1.67. The van der Waals surface area contributed by atoms with E-state index in [2.05, 4.69) is 26.4 Å². The number of nitrogens with one attached hydrogen (secondary N) is 1. The summed E-state index contributed by atoms with van der Waals surface area (Å²) in [5, 5.41) is 11.6. The van der Waals surface area contributed by atoms with Crippen LogP contribution in [0.25, 0.3) is 22.8 Å². The maximum atomic E-state index is 5.35. The van der Waals surface area contributed by atoms with E-state index < -0.39 is 0 Å². The van der Waals surface area contributed by atoms with Gasteiger partial charge >= 0.3 is 0 Å². The number of terminal acetylenes is 1. The second-order valence-electron chi connectivity index (χ2n) is 6.43. The first kappa shape index (κ1) is 18.3. The molecule has 6 nitrogen and oxygen atoms in total. The molecule has 142 valence electrons. The first-order valence-electron chi connectivity index (χ1n) is 9.03. The summed E-state index contributed by atoms with van der Waals surface area (Å²) in [6, 6.07) is 13.8. The van der Waals surface area contributed by atoms with E-state index in [1.807, 2.05) is 66.4 Å². The molecular weight excluding hydrogens is 362 g/mol. The molecule has 0 bridgehead atoms. The number of hydrogen-bond acceptors (Lipinski definition) is 5. The van der Waals surface area contributed by atoms with E-state index in [0.717, 1.165) is 39.3 Å². The van der Waals surface area contributed by atoms with Crippen LogP contribution in [0.3, 0.4) is 0 Å². The van der Waals surface area contributed by atoms with Gasteiger partial charge in [-0.25, -0.2) is 4.98 Å². The molecule has 2 aromatic heterocycles. The number of nitrogens with zero attached hydrogens (tertiary/aromatic N) is 4. The van der Waals surface area contributed by atoms with Crippen LogP contribution >= 0.6 is 0 Å². The molecular formula is C23H19N5O. The number of ether oxygens (including phenoxy) is 1. The lowest BCUT2D eigenvalue weighted by molar-refractivity contribution is 0.415. The molecule has 0 atom stereocenters. The van der Waals surface area contributed by atoms with Crippen molar-refractivity contribution in [1.82, 2.24) is 19.7 Å². The molecule has 2 aromatic carbocycles. The zero-order valence-corrected chi connectivity index (χ0v) is 16.1. The molecule has 0 amide bonds. The Labute approximate surface area is 168 Å². The van der Waals surface area contributed by atoms with Gasteiger partial charge in [-0.05, 0) is 67.1 Å². The Morgan fingerprint density at radius 2 is 2.00 bits per heavy atom. The summed E-state index contributed by atoms with van der Waals surface area (Å²) < 4.78 is 7.26. The number of fused-ring (bicyclic) bond motifs is 1. The molecule has 0 unspecified atom stereocenters. The second-order valence-corrected chi connectivity index (χ2v) is 6.43. The summed E-state index contributed by atoms with van der Waals surface area (Å²) in [5.74, 6) is 3.97. The molecule has 0 aliphatic carbocycles. The predicted octanol–water partition coefficient (Wildman–Crippen LogP) is 4.52. The minimum absolute atomic E-state index is 0.644. The van der Waals surface area contributed by atoms with Crippen LogP contribution in [-0.4, -0.2) is 26.9 Å². The van der Waals surface area contributed by atoms with Gasteiger partial charge in [-0.2, -0.15) is 5.10 Å². The number of allylic oxidation sites excluding steroid dienone is 1. The third-order valence-corrected chi connectivity index (χ3v) is 4.60. The number of imidazole rings is 1. The summed E-state index contributed by atoms with van der Waals surface area (Å²) in [5.41, 5.74) is 5.64. The highest BCUT2D eigenvalue weighted by Crippen LogP contribution is 2.26. The van der Waals surface area contributed by atoms with Gasteiger partial charge in [0.05, 0.1) is 24.3 Å². The van der Waals surface area contributed by atoms with Crippen molar-refractivity contribution in [2.45, 2.75) is 6.92 Å². The molecule has 0 fully saturated rings. The Kier molecular flexibility index (Phi) is 4.95. The van der Waals surface area contributed by atoms with Crippen LogP contribution in [-0.2, 0) is 0 Å². The number of aromatic nitrogens is 4. The Morgan fingerprint density at radius 1 is 1.17 bits per heavy atom. The van der Waals surface area contributed by atoms with Gasteiger partial charge in [0.2, 0.25) is 0 Å². The van der Waals surface area contributed by atoms with Crippen LogP contribution in [0.4, 0.5) is 11.5 Å². The standard InChI is InChI=1S/C23H19N5O/c1-4-5-6-20-16(2)14-25-27-23(20)26-17-7-12-22-21(13-17)24-15-28(22)18-8-10-19(29-3)11-9-18/h1,5-15H,2-3H3,(H,26,27). The lowest BCUT2D eigenvalue weighted by Crippen LogP contribution is -2.00. The van der Waals surface area contributed by atoms with Gasteiger partial charge in [0.1, 0.15) is 12.1 Å². The summed E-state index contributed by atoms with van der Waals surface area (Å²) in [6.07, 6.45) is 12.4. The Morgan fingerprint density at radius 3 is 2.76 bits per heavy atom. The van der Waals surface area contributed by atoms with Crippen LogP contribution < -0.4 is 10.1 Å². The van der Waals surface area contributed by atoms with E-state index in [4.69, 9.17) is 11.2 Å². The van der Waals surface area contributed by atoms with Crippen LogP contribution in [0.5, 0.6) is 5.75 Å². The van der Waals surface area contributed by atoms with Crippen LogP contribution in [0.15, 0.2) is 61.1 Å². The minimum atomic E-state index is 0.644. The molecule has 0 aliphatic heterocycles. The number of hydrogen-bond donors (Lipinski definition) is 1. The van der Waals surface area contributed by atoms with Crippen molar-refractivity contribution >= 4 is 28.6 Å². The molecule has 6 heteroatoms. The highest BCUT2D eigenvalue weighted by atomic mass is 16.5. The van der Waals surface area contributed by atoms with E-state index in [-0.39, 0.29) is 0 Å². The first-order valence-corrected chi connectivity index (χ1v) is 9.03. The summed E-state index contributed by atoms with van der Waals surface area (Å²) in [7, 11) is 1.66. The smallest absolute Gasteiger partial charge is 0.160 e. The van der Waals surface area contributed by atoms with Gasteiger partial charge in [0, 0.05) is 16.9 Å². The van der Waals surface area contributed by atoms with E-state index in [1.165, 1.54) is 0 Å². The predicted molar refractivity (Wildman–Crippen MR) is 116 cm³/mol. The fraction of sp³-hybridized carbons (Fsp3) is 0.0870. The maximum Gasteiger partial charge on any atom is 0.160 e. The van der Waals surface area contributed by atoms with Crippen molar-refractivity contribution in [1.29, 1.82) is 0 Å². The highest BCUT2D eigenvalue weighted by molar-refractivity contribution is 5.83. The molecule has 1 N–H and O–H groups in total. The third-order valence-electron chi connectivity index (χ3n) is 4.60. The SMILES string of the molecule is C#CC=Cc1c(C)cnnc1Nc1ccc2c(c1)ncn2-c1ccc(OC)cc1. The normalized spacial score (nSPS) is 10.9. The lowest BCUT2D eigenvalue weighted by Gasteiger charge is -2.10. The second kappa shape index (κ2) is 7.87. The topological polar surface area (TPSA) is 64.9 Å². The molecule has 0 aliphatic rings. The van der Waals surface area contributed by atoms with Crippen molar-refractivity contribution in [3.8, 4) is 23.8 Å². The number of anilines is 2. The van der Waals surface area contributed by atoms with Gasteiger partial charge in [0.15, 0.2) is 5.82 Å². The van der Waals surface area contributed by atoms with E-state index in [0.29, 0.717) is 5.82 Å². The number of benzene rings is 2. The molecule has 0 saturated carbocycles. The minimum Gasteiger partial charge on any atom is -0.497 e. The average Bonchev–Trinajstić information content (AvgIpc) is 3.17. The molecule has 0 radical (unpaired) electrons. The van der Waals surface area contributed by atoms with E-state index in [1.54, 1.807) is 19.4 Å².